The fourth-order valence-electron chi connectivity index (χ4n) is 6.32. The maximum atomic E-state index is 13.9. The summed E-state index contributed by atoms with van der Waals surface area (Å²) in [5, 5.41) is 14.6. The van der Waals surface area contributed by atoms with Crippen molar-refractivity contribution in [2.75, 3.05) is 26.2 Å². The fraction of sp³-hybridized carbons (Fsp3) is 0.417. The topological polar surface area (TPSA) is 148 Å². The summed E-state index contributed by atoms with van der Waals surface area (Å²) in [6.07, 6.45) is -1.32. The minimum absolute atomic E-state index is 0.114. The number of aliphatic hydroxyl groups is 1. The molecule has 0 spiro atoms. The minimum atomic E-state index is -1.34. The van der Waals surface area contributed by atoms with Gasteiger partial charge in [0.25, 0.3) is 0 Å². The number of nitrogens with zero attached hydrogens (tertiary/aromatic N) is 1. The van der Waals surface area contributed by atoms with Crippen LogP contribution >= 0.6 is 0 Å². The van der Waals surface area contributed by atoms with Crippen LogP contribution in [0.25, 0.3) is 0 Å². The molecule has 1 heterocycles. The maximum Gasteiger partial charge on any atom is 0.317 e. The molecule has 6 atom stereocenters. The molecule has 0 saturated carbocycles. The minimum Gasteiger partial charge on any atom is -0.485 e. The number of carbonyl (C=O) groups is 3. The average molecular weight is 633 g/mol. The average Bonchev–Trinajstić information content (AvgIpc) is 3.43. The molecule has 0 radical (unpaired) electrons. The molecule has 9 nitrogen and oxygen atoms in total. The van der Waals surface area contributed by atoms with Crippen molar-refractivity contribution in [2.24, 2.45) is 29.2 Å². The standard InChI is InChI=1S/C36H45FN4O5/c1-22(20-41-15-14-40-36(41)45)16-29(42)28(33(38)25-10-6-4-7-11-25)19-30(43)32(34(39)26-12-8-5-9-13-26)31(44)21-46-35-23(2)17-27(37)18-24(35)3/h4-13,17-18,22,28,30,32-34,43H,14-16,19-21,38-39H2,1-3H3,(H,40,45)/t22?,28-,30+,32+,33?,34?/m1/s1. The number of Topliss-reactive ketones (excluding diaryl/α,β-unsaturated/α-hetero) is 2. The first-order valence-electron chi connectivity index (χ1n) is 15.7. The van der Waals surface area contributed by atoms with E-state index in [9.17, 15) is 23.9 Å². The van der Waals surface area contributed by atoms with Gasteiger partial charge in [0.05, 0.1) is 12.0 Å². The van der Waals surface area contributed by atoms with Crippen molar-refractivity contribution in [1.82, 2.24) is 10.2 Å². The van der Waals surface area contributed by atoms with Gasteiger partial charge in [-0.25, -0.2) is 9.18 Å². The molecule has 246 valence electrons. The molecule has 3 aromatic rings. The molecule has 6 N–H and O–H groups in total. The van der Waals surface area contributed by atoms with E-state index in [2.05, 4.69) is 5.32 Å². The lowest BCUT2D eigenvalue weighted by Crippen LogP contribution is -2.43. The number of benzene rings is 3. The third-order valence-corrected chi connectivity index (χ3v) is 8.70. The molecule has 2 amide bonds. The lowest BCUT2D eigenvalue weighted by Gasteiger charge is -2.32. The Bertz CT molecular complexity index is 1470. The Kier molecular flexibility index (Phi) is 12.0. The summed E-state index contributed by atoms with van der Waals surface area (Å²) in [6, 6.07) is 19.0. The molecular formula is C36H45FN4O5. The molecule has 0 aliphatic carbocycles. The van der Waals surface area contributed by atoms with Gasteiger partial charge in [0, 0.05) is 44.1 Å². The van der Waals surface area contributed by atoms with E-state index in [0.29, 0.717) is 42.1 Å². The molecule has 10 heteroatoms. The smallest absolute Gasteiger partial charge is 0.317 e. The van der Waals surface area contributed by atoms with Gasteiger partial charge in [-0.1, -0.05) is 67.6 Å². The molecule has 1 aliphatic heterocycles. The van der Waals surface area contributed by atoms with Crippen molar-refractivity contribution in [3.8, 4) is 5.75 Å². The van der Waals surface area contributed by atoms with Gasteiger partial charge in [-0.05, 0) is 60.6 Å². The van der Waals surface area contributed by atoms with Crippen LogP contribution in [0.3, 0.4) is 0 Å². The van der Waals surface area contributed by atoms with E-state index in [1.54, 1.807) is 43.0 Å². The summed E-state index contributed by atoms with van der Waals surface area (Å²) in [5.41, 5.74) is 15.8. The van der Waals surface area contributed by atoms with Crippen molar-refractivity contribution in [3.05, 3.63) is 101 Å². The normalized spacial score (nSPS) is 17.0. The van der Waals surface area contributed by atoms with E-state index in [4.69, 9.17) is 16.2 Å². The number of ether oxygens (including phenoxy) is 1. The molecular weight excluding hydrogens is 587 g/mol. The molecule has 0 aromatic heterocycles. The molecule has 1 aliphatic rings. The van der Waals surface area contributed by atoms with Gasteiger partial charge in [-0.15, -0.1) is 0 Å². The lowest BCUT2D eigenvalue weighted by atomic mass is 9.77. The predicted octanol–water partition coefficient (Wildman–Crippen LogP) is 4.39. The second-order valence-corrected chi connectivity index (χ2v) is 12.4. The van der Waals surface area contributed by atoms with Crippen LogP contribution in [0, 0.1) is 37.4 Å². The van der Waals surface area contributed by atoms with E-state index in [1.807, 2.05) is 43.3 Å². The zero-order valence-electron chi connectivity index (χ0n) is 26.7. The maximum absolute atomic E-state index is 13.9. The second-order valence-electron chi connectivity index (χ2n) is 12.4. The number of amides is 2. The van der Waals surface area contributed by atoms with Crippen molar-refractivity contribution >= 4 is 17.6 Å². The van der Waals surface area contributed by atoms with Crippen molar-refractivity contribution in [3.63, 3.8) is 0 Å². The van der Waals surface area contributed by atoms with Crippen LogP contribution in [0.4, 0.5) is 9.18 Å². The number of carbonyl (C=O) groups excluding carboxylic acids is 3. The molecule has 1 saturated heterocycles. The van der Waals surface area contributed by atoms with Crippen LogP contribution in [-0.2, 0) is 9.59 Å². The summed E-state index contributed by atoms with van der Waals surface area (Å²) in [7, 11) is 0. The number of urea groups is 1. The number of nitrogens with two attached hydrogens (primary N) is 2. The van der Waals surface area contributed by atoms with Gasteiger partial charge in [0.15, 0.2) is 5.78 Å². The number of ketones is 2. The molecule has 4 rings (SSSR count). The number of aliphatic hydroxyl groups excluding tert-OH is 1. The zero-order valence-corrected chi connectivity index (χ0v) is 26.7. The van der Waals surface area contributed by atoms with Gasteiger partial charge in [-0.3, -0.25) is 9.59 Å². The third-order valence-electron chi connectivity index (χ3n) is 8.70. The van der Waals surface area contributed by atoms with E-state index in [-0.39, 0.29) is 30.6 Å². The van der Waals surface area contributed by atoms with E-state index >= 15 is 0 Å². The molecule has 1 fully saturated rings. The Morgan fingerprint density at radius 1 is 0.957 bits per heavy atom. The van der Waals surface area contributed by atoms with E-state index in [0.717, 1.165) is 5.56 Å². The van der Waals surface area contributed by atoms with Crippen LogP contribution in [0.2, 0.25) is 0 Å². The Labute approximate surface area is 270 Å². The van der Waals surface area contributed by atoms with Crippen molar-refractivity contribution in [1.29, 1.82) is 0 Å². The monoisotopic (exact) mass is 632 g/mol. The third kappa shape index (κ3) is 8.78. The van der Waals surface area contributed by atoms with E-state index in [1.165, 1.54) is 12.1 Å². The zero-order chi connectivity index (χ0) is 33.4. The number of hydrogen-bond donors (Lipinski definition) is 4. The van der Waals surface area contributed by atoms with Gasteiger partial charge < -0.3 is 31.5 Å². The predicted molar refractivity (Wildman–Crippen MR) is 174 cm³/mol. The van der Waals surface area contributed by atoms with Gasteiger partial charge >= 0.3 is 6.03 Å². The molecule has 46 heavy (non-hydrogen) atoms. The first-order valence-corrected chi connectivity index (χ1v) is 15.7. The van der Waals surface area contributed by atoms with Gasteiger partial charge in [0.1, 0.15) is 24.0 Å². The van der Waals surface area contributed by atoms with Gasteiger partial charge in [0.2, 0.25) is 0 Å². The highest BCUT2D eigenvalue weighted by Gasteiger charge is 2.38. The van der Waals surface area contributed by atoms with Gasteiger partial charge in [-0.2, -0.15) is 0 Å². The summed E-state index contributed by atoms with van der Waals surface area (Å²) >= 11 is 0. The van der Waals surface area contributed by atoms with Crippen LogP contribution in [-0.4, -0.2) is 59.9 Å². The molecule has 3 aromatic carbocycles. The van der Waals surface area contributed by atoms with E-state index < -0.39 is 48.2 Å². The van der Waals surface area contributed by atoms with Crippen molar-refractivity contribution < 1.29 is 28.6 Å². The summed E-state index contributed by atoms with van der Waals surface area (Å²) in [5.74, 6) is -2.78. The Balaban J connectivity index is 1.59. The Morgan fingerprint density at radius 2 is 1.52 bits per heavy atom. The number of hydrogen-bond acceptors (Lipinski definition) is 7. The Morgan fingerprint density at radius 3 is 2.07 bits per heavy atom. The number of aryl methyl sites for hydroxylation is 2. The highest BCUT2D eigenvalue weighted by molar-refractivity contribution is 5.85. The highest BCUT2D eigenvalue weighted by atomic mass is 19.1. The summed E-state index contributed by atoms with van der Waals surface area (Å²) in [4.78, 5) is 41.5. The highest BCUT2D eigenvalue weighted by Crippen LogP contribution is 2.33. The largest absolute Gasteiger partial charge is 0.485 e. The summed E-state index contributed by atoms with van der Waals surface area (Å²) in [6.45, 7) is 6.42. The number of halogens is 1. The SMILES string of the molecule is Cc1cc(F)cc(C)c1OCC(=O)[C@@H](C(N)c1ccccc1)[C@@H](O)C[C@H](C(=O)CC(C)CN1CCNC1=O)C(N)c1ccccc1. The summed E-state index contributed by atoms with van der Waals surface area (Å²) < 4.78 is 19.8. The van der Waals surface area contributed by atoms with Crippen LogP contribution in [0.15, 0.2) is 72.8 Å². The first-order chi connectivity index (χ1) is 22.0. The number of nitrogens with one attached hydrogen (secondary N) is 1. The molecule has 3 unspecified atom stereocenters. The lowest BCUT2D eigenvalue weighted by molar-refractivity contribution is -0.132. The Hall–Kier alpha value is -4.12. The van der Waals surface area contributed by atoms with Crippen molar-refractivity contribution in [2.45, 2.75) is 51.8 Å². The van der Waals surface area contributed by atoms with Crippen LogP contribution in [0.1, 0.15) is 54.1 Å². The molecule has 0 bridgehead atoms. The first kappa shape index (κ1) is 34.7. The van der Waals surface area contributed by atoms with Crippen LogP contribution in [0.5, 0.6) is 5.75 Å². The van der Waals surface area contributed by atoms with Crippen LogP contribution < -0.4 is 21.5 Å². The quantitative estimate of drug-likeness (QED) is 0.183. The number of rotatable bonds is 16. The fourth-order valence-corrected chi connectivity index (χ4v) is 6.32. The second kappa shape index (κ2) is 15.9.